The Morgan fingerprint density at radius 2 is 2.22 bits per heavy atom. The minimum atomic E-state index is -2.71. The zero-order valence-electron chi connectivity index (χ0n) is 11.5. The van der Waals surface area contributed by atoms with Gasteiger partial charge in [0.2, 0.25) is 0 Å². The van der Waals surface area contributed by atoms with E-state index in [9.17, 15) is 4.57 Å². The summed E-state index contributed by atoms with van der Waals surface area (Å²) in [6.07, 6.45) is 0.379. The van der Waals surface area contributed by atoms with E-state index in [0.717, 1.165) is 11.0 Å². The lowest BCUT2D eigenvalue weighted by atomic mass is 10.4. The Bertz CT molecular complexity index is 313. The highest BCUT2D eigenvalue weighted by Crippen LogP contribution is 2.49. The molecule has 1 aliphatic heterocycles. The molecule has 0 spiro atoms. The van der Waals surface area contributed by atoms with Crippen LogP contribution in [0, 0.1) is 0 Å². The third kappa shape index (κ3) is 4.72. The Morgan fingerprint density at radius 3 is 2.67 bits per heavy atom. The van der Waals surface area contributed by atoms with Gasteiger partial charge in [-0.2, -0.15) is 0 Å². The monoisotopic (exact) mass is 391 g/mol. The average molecular weight is 391 g/mol. The van der Waals surface area contributed by atoms with Gasteiger partial charge in [-0.3, -0.25) is 4.57 Å². The van der Waals surface area contributed by atoms with Crippen LogP contribution in [-0.2, 0) is 18.6 Å². The fourth-order valence-corrected chi connectivity index (χ4v) is 4.52. The summed E-state index contributed by atoms with van der Waals surface area (Å²) >= 11 is 2.27. The van der Waals surface area contributed by atoms with Crippen molar-refractivity contribution in [2.45, 2.75) is 32.7 Å². The summed E-state index contributed by atoms with van der Waals surface area (Å²) in [6, 6.07) is 0. The molecule has 2 atom stereocenters. The lowest BCUT2D eigenvalue weighted by Gasteiger charge is -2.27. The van der Waals surface area contributed by atoms with E-state index >= 15 is 0 Å². The minimum absolute atomic E-state index is 0.132. The van der Waals surface area contributed by atoms with Crippen molar-refractivity contribution in [3.8, 4) is 0 Å². The first-order valence-electron chi connectivity index (χ1n) is 6.16. The molecule has 1 fully saturated rings. The van der Waals surface area contributed by atoms with Crippen LogP contribution < -0.4 is 0 Å². The Balaban J connectivity index is 2.47. The molecular weight excluding hydrogens is 368 g/mol. The van der Waals surface area contributed by atoms with Crippen LogP contribution in [-0.4, -0.2) is 54.0 Å². The molecule has 0 aromatic carbocycles. The normalized spacial score (nSPS) is 26.4. The molecule has 2 unspecified atom stereocenters. The number of hydrogen-bond acceptors (Lipinski definition) is 4. The van der Waals surface area contributed by atoms with Crippen molar-refractivity contribution in [3.05, 3.63) is 0 Å². The number of alkyl halides is 1. The van der Waals surface area contributed by atoms with Gasteiger partial charge in [0.1, 0.15) is 6.10 Å². The van der Waals surface area contributed by atoms with Crippen molar-refractivity contribution >= 4 is 30.1 Å². The van der Waals surface area contributed by atoms with E-state index in [0.29, 0.717) is 19.4 Å². The lowest BCUT2D eigenvalue weighted by molar-refractivity contribution is -0.141. The highest BCUT2D eigenvalue weighted by Gasteiger charge is 2.35. The summed E-state index contributed by atoms with van der Waals surface area (Å²) in [5.41, 5.74) is 0. The molecule has 0 N–H and O–H groups in total. The van der Waals surface area contributed by atoms with Gasteiger partial charge in [0.25, 0.3) is 7.52 Å². The predicted octanol–water partition coefficient (Wildman–Crippen LogP) is 2.73. The number of rotatable bonds is 7. The van der Waals surface area contributed by atoms with Gasteiger partial charge in [-0.15, -0.1) is 0 Å². The molecule has 1 rings (SSSR count). The second-order valence-electron chi connectivity index (χ2n) is 4.77. The Hall–Kier alpha value is 0.800. The van der Waals surface area contributed by atoms with Gasteiger partial charge in [0.05, 0.1) is 13.2 Å². The number of nitrogens with zero attached hydrogens (tertiary/aromatic N) is 1. The maximum Gasteiger partial charge on any atom is 0.271 e. The lowest BCUT2D eigenvalue weighted by Crippen LogP contribution is -2.26. The standard InChI is InChI=1S/C11H23INO4P/c1-5-18(14,13(4)7-6-12)16-9-10-8-15-11(2,3)17-10/h10H,5-9H2,1-4H3. The molecule has 0 saturated carbocycles. The van der Waals surface area contributed by atoms with Gasteiger partial charge in [0, 0.05) is 17.1 Å². The summed E-state index contributed by atoms with van der Waals surface area (Å²) in [5.74, 6) is -0.557. The first-order valence-corrected chi connectivity index (χ1v) is 9.45. The van der Waals surface area contributed by atoms with Crippen molar-refractivity contribution in [2.24, 2.45) is 0 Å². The molecule has 0 bridgehead atoms. The molecule has 0 amide bonds. The van der Waals surface area contributed by atoms with E-state index in [1.807, 2.05) is 32.5 Å². The minimum Gasteiger partial charge on any atom is -0.348 e. The summed E-state index contributed by atoms with van der Waals surface area (Å²) in [4.78, 5) is 0. The van der Waals surface area contributed by atoms with Gasteiger partial charge < -0.3 is 14.0 Å². The highest BCUT2D eigenvalue weighted by molar-refractivity contribution is 14.1. The van der Waals surface area contributed by atoms with Gasteiger partial charge in [-0.25, -0.2) is 4.67 Å². The van der Waals surface area contributed by atoms with Crippen LogP contribution in [0.4, 0.5) is 0 Å². The van der Waals surface area contributed by atoms with Crippen LogP contribution in [0.25, 0.3) is 0 Å². The van der Waals surface area contributed by atoms with Crippen molar-refractivity contribution in [1.29, 1.82) is 0 Å². The third-order valence-corrected chi connectivity index (χ3v) is 5.93. The van der Waals surface area contributed by atoms with Gasteiger partial charge in [-0.05, 0) is 20.9 Å². The van der Waals surface area contributed by atoms with Crippen molar-refractivity contribution in [2.75, 3.05) is 37.4 Å². The molecule has 0 aliphatic carbocycles. The maximum absolute atomic E-state index is 12.6. The Labute approximate surface area is 123 Å². The Morgan fingerprint density at radius 1 is 1.56 bits per heavy atom. The summed E-state index contributed by atoms with van der Waals surface area (Å²) < 4.78 is 32.1. The van der Waals surface area contributed by atoms with Crippen LogP contribution in [0.5, 0.6) is 0 Å². The summed E-state index contributed by atoms with van der Waals surface area (Å²) in [7, 11) is -0.863. The average Bonchev–Trinajstić information content (AvgIpc) is 2.66. The van der Waals surface area contributed by atoms with Crippen LogP contribution in [0.1, 0.15) is 20.8 Å². The third-order valence-electron chi connectivity index (χ3n) is 2.86. The van der Waals surface area contributed by atoms with Crippen molar-refractivity contribution in [3.63, 3.8) is 0 Å². The molecule has 5 nitrogen and oxygen atoms in total. The Kier molecular flexibility index (Phi) is 6.55. The number of hydrogen-bond donors (Lipinski definition) is 0. The van der Waals surface area contributed by atoms with E-state index in [2.05, 4.69) is 22.6 Å². The predicted molar refractivity (Wildman–Crippen MR) is 80.5 cm³/mol. The second-order valence-corrected chi connectivity index (χ2v) is 8.70. The molecule has 0 aromatic rings. The molecule has 108 valence electrons. The van der Waals surface area contributed by atoms with E-state index in [-0.39, 0.29) is 6.10 Å². The molecule has 1 aliphatic rings. The SMILES string of the molecule is CCP(=O)(OCC1COC(C)(C)O1)N(C)CCI. The molecule has 0 radical (unpaired) electrons. The maximum atomic E-state index is 12.6. The summed E-state index contributed by atoms with van der Waals surface area (Å²) in [5, 5.41) is 0. The molecule has 1 heterocycles. The van der Waals surface area contributed by atoms with E-state index in [4.69, 9.17) is 14.0 Å². The number of halogens is 1. The summed E-state index contributed by atoms with van der Waals surface area (Å²) in [6.45, 7) is 7.20. The fraction of sp³-hybridized carbons (Fsp3) is 1.00. The number of ether oxygens (including phenoxy) is 2. The van der Waals surface area contributed by atoms with E-state index in [1.54, 1.807) is 0 Å². The zero-order chi connectivity index (χ0) is 13.8. The van der Waals surface area contributed by atoms with Crippen molar-refractivity contribution in [1.82, 2.24) is 4.67 Å². The molecular formula is C11H23INO4P. The fourth-order valence-electron chi connectivity index (χ4n) is 1.75. The molecule has 1 saturated heterocycles. The van der Waals surface area contributed by atoms with Crippen LogP contribution >= 0.6 is 30.1 Å². The van der Waals surface area contributed by atoms with Gasteiger partial charge in [-0.1, -0.05) is 29.5 Å². The molecule has 0 aromatic heterocycles. The first kappa shape index (κ1) is 16.9. The molecule has 18 heavy (non-hydrogen) atoms. The second kappa shape index (κ2) is 6.99. The first-order chi connectivity index (χ1) is 8.33. The van der Waals surface area contributed by atoms with Crippen LogP contribution in [0.3, 0.4) is 0 Å². The molecule has 7 heteroatoms. The van der Waals surface area contributed by atoms with E-state index in [1.165, 1.54) is 0 Å². The highest BCUT2D eigenvalue weighted by atomic mass is 127. The quantitative estimate of drug-likeness (QED) is 0.380. The zero-order valence-corrected chi connectivity index (χ0v) is 14.6. The van der Waals surface area contributed by atoms with Crippen LogP contribution in [0.2, 0.25) is 0 Å². The van der Waals surface area contributed by atoms with Gasteiger partial charge in [0.15, 0.2) is 5.79 Å². The van der Waals surface area contributed by atoms with Gasteiger partial charge >= 0.3 is 0 Å². The van der Waals surface area contributed by atoms with Crippen molar-refractivity contribution < 1.29 is 18.6 Å². The van der Waals surface area contributed by atoms with Crippen LogP contribution in [0.15, 0.2) is 0 Å². The van der Waals surface area contributed by atoms with E-state index < -0.39 is 13.3 Å². The smallest absolute Gasteiger partial charge is 0.271 e. The topological polar surface area (TPSA) is 48.0 Å². The largest absolute Gasteiger partial charge is 0.348 e.